The smallest absolute Gasteiger partial charge is 0.176 e. The number of para-hydroxylation sites is 1. The van der Waals surface area contributed by atoms with Gasteiger partial charge in [0.25, 0.3) is 0 Å². The molecule has 0 unspecified atom stereocenters. The van der Waals surface area contributed by atoms with Crippen molar-refractivity contribution in [1.29, 1.82) is 0 Å². The van der Waals surface area contributed by atoms with Crippen molar-refractivity contribution in [3.8, 4) is 5.75 Å². The van der Waals surface area contributed by atoms with Crippen molar-refractivity contribution in [2.75, 3.05) is 46.9 Å². The number of rotatable bonds is 5. The fourth-order valence-corrected chi connectivity index (χ4v) is 4.24. The number of hydrogen-bond donors (Lipinski definition) is 2. The molecule has 0 amide bonds. The normalized spacial score (nSPS) is 35.6. The number of hydrogen-bond acceptors (Lipinski definition) is 7. The van der Waals surface area contributed by atoms with E-state index in [-0.39, 0.29) is 24.5 Å². The van der Waals surface area contributed by atoms with E-state index in [1.165, 1.54) is 0 Å². The van der Waals surface area contributed by atoms with E-state index in [9.17, 15) is 5.11 Å². The zero-order valence-electron chi connectivity index (χ0n) is 15.5. The topological polar surface area (TPSA) is 66.4 Å². The van der Waals surface area contributed by atoms with Gasteiger partial charge in [-0.1, -0.05) is 18.2 Å². The number of methoxy groups -OCH3 is 1. The van der Waals surface area contributed by atoms with Crippen LogP contribution in [0.2, 0.25) is 0 Å². The zero-order valence-corrected chi connectivity index (χ0v) is 15.5. The van der Waals surface area contributed by atoms with Crippen molar-refractivity contribution in [2.45, 2.75) is 37.1 Å². The molecule has 1 aromatic carbocycles. The Morgan fingerprint density at radius 2 is 2.00 bits per heavy atom. The Morgan fingerprint density at radius 3 is 2.77 bits per heavy atom. The number of piperazine rings is 1. The maximum absolute atomic E-state index is 11.1. The first-order chi connectivity index (χ1) is 12.7. The van der Waals surface area contributed by atoms with Crippen LogP contribution in [0, 0.1) is 0 Å². The molecular weight excluding hydrogens is 334 g/mol. The third-order valence-corrected chi connectivity index (χ3v) is 5.81. The Balaban J connectivity index is 1.45. The molecule has 0 spiro atoms. The summed E-state index contributed by atoms with van der Waals surface area (Å²) < 4.78 is 17.4. The molecule has 3 aliphatic heterocycles. The molecule has 0 aliphatic carbocycles. The number of likely N-dealkylation sites (N-methyl/N-ethyl adjacent to an activating group) is 1. The molecule has 0 saturated carbocycles. The maximum Gasteiger partial charge on any atom is 0.176 e. The van der Waals surface area contributed by atoms with Gasteiger partial charge in [0, 0.05) is 38.3 Å². The summed E-state index contributed by atoms with van der Waals surface area (Å²) in [6.07, 6.45) is -0.976. The van der Waals surface area contributed by atoms with Crippen LogP contribution in [0.15, 0.2) is 24.3 Å². The summed E-state index contributed by atoms with van der Waals surface area (Å²) >= 11 is 0. The maximum atomic E-state index is 11.1. The van der Waals surface area contributed by atoms with Gasteiger partial charge in [-0.25, -0.2) is 0 Å². The molecule has 144 valence electrons. The number of ether oxygens (including phenoxy) is 3. The number of nitrogens with one attached hydrogen (secondary N) is 1. The van der Waals surface area contributed by atoms with Crippen LogP contribution < -0.4 is 10.1 Å². The first-order valence-corrected chi connectivity index (χ1v) is 9.40. The highest BCUT2D eigenvalue weighted by Gasteiger charge is 2.52. The minimum absolute atomic E-state index is 0.117. The minimum Gasteiger partial charge on any atom is -0.496 e. The SMILES string of the molecule is COc1ccccc1CN[C@H]1[C@H](O)[C@H](N2CCN(C)CC2)[C@@H]2OC[C@@H]1O2. The Hall–Kier alpha value is -1.22. The van der Waals surface area contributed by atoms with Crippen LogP contribution in [0.1, 0.15) is 5.56 Å². The van der Waals surface area contributed by atoms with Gasteiger partial charge in [-0.15, -0.1) is 0 Å². The molecule has 4 rings (SSSR count). The van der Waals surface area contributed by atoms with E-state index >= 15 is 0 Å². The summed E-state index contributed by atoms with van der Waals surface area (Å²) in [7, 11) is 3.81. The molecule has 3 heterocycles. The third-order valence-electron chi connectivity index (χ3n) is 5.81. The van der Waals surface area contributed by atoms with Crippen LogP contribution in [0.4, 0.5) is 0 Å². The Kier molecular flexibility index (Phi) is 5.45. The number of aliphatic hydroxyl groups is 1. The molecule has 0 radical (unpaired) electrons. The fourth-order valence-electron chi connectivity index (χ4n) is 4.24. The third kappa shape index (κ3) is 3.47. The number of aliphatic hydroxyl groups excluding tert-OH is 1. The number of nitrogens with zero attached hydrogens (tertiary/aromatic N) is 2. The highest BCUT2D eigenvalue weighted by Crippen LogP contribution is 2.32. The van der Waals surface area contributed by atoms with Gasteiger partial charge in [-0.05, 0) is 13.1 Å². The molecule has 2 bridgehead atoms. The van der Waals surface area contributed by atoms with Crippen LogP contribution >= 0.6 is 0 Å². The lowest BCUT2D eigenvalue weighted by molar-refractivity contribution is -0.186. The van der Waals surface area contributed by atoms with Crippen LogP contribution in [0.3, 0.4) is 0 Å². The van der Waals surface area contributed by atoms with Gasteiger partial charge in [-0.3, -0.25) is 4.90 Å². The quantitative estimate of drug-likeness (QED) is 0.756. The Bertz CT molecular complexity index is 608. The minimum atomic E-state index is -0.528. The molecule has 26 heavy (non-hydrogen) atoms. The van der Waals surface area contributed by atoms with Crippen LogP contribution in [-0.4, -0.2) is 92.4 Å². The predicted octanol–water partition coefficient (Wildman–Crippen LogP) is -0.115. The van der Waals surface area contributed by atoms with Crippen molar-refractivity contribution in [3.63, 3.8) is 0 Å². The molecule has 0 aromatic heterocycles. The second-order valence-electron chi connectivity index (χ2n) is 7.42. The van der Waals surface area contributed by atoms with E-state index in [4.69, 9.17) is 14.2 Å². The average molecular weight is 363 g/mol. The van der Waals surface area contributed by atoms with E-state index in [1.54, 1.807) is 7.11 Å². The lowest BCUT2D eigenvalue weighted by Gasteiger charge is -2.46. The average Bonchev–Trinajstić information content (AvgIpc) is 3.08. The van der Waals surface area contributed by atoms with Gasteiger partial charge in [0.1, 0.15) is 11.9 Å². The Labute approximate surface area is 154 Å². The molecule has 5 atom stereocenters. The number of benzene rings is 1. The van der Waals surface area contributed by atoms with Gasteiger partial charge >= 0.3 is 0 Å². The molecule has 1 aromatic rings. The first kappa shape index (κ1) is 18.2. The summed E-state index contributed by atoms with van der Waals surface area (Å²) in [5, 5.41) is 14.6. The highest BCUT2D eigenvalue weighted by molar-refractivity contribution is 5.33. The van der Waals surface area contributed by atoms with Crippen molar-refractivity contribution >= 4 is 0 Å². The second kappa shape index (κ2) is 7.80. The molecule has 7 nitrogen and oxygen atoms in total. The summed E-state index contributed by atoms with van der Waals surface area (Å²) in [6.45, 7) is 4.98. The summed E-state index contributed by atoms with van der Waals surface area (Å²) in [5.41, 5.74) is 1.07. The molecule has 3 aliphatic rings. The lowest BCUT2D eigenvalue weighted by atomic mass is 9.94. The van der Waals surface area contributed by atoms with E-state index in [2.05, 4.69) is 22.2 Å². The first-order valence-electron chi connectivity index (χ1n) is 9.40. The predicted molar refractivity (Wildman–Crippen MR) is 97.1 cm³/mol. The van der Waals surface area contributed by atoms with Gasteiger partial charge < -0.3 is 29.5 Å². The van der Waals surface area contributed by atoms with Gasteiger partial charge in [-0.2, -0.15) is 0 Å². The Morgan fingerprint density at radius 1 is 1.23 bits per heavy atom. The van der Waals surface area contributed by atoms with Crippen molar-refractivity contribution in [1.82, 2.24) is 15.1 Å². The van der Waals surface area contributed by atoms with Crippen LogP contribution in [0.25, 0.3) is 0 Å². The molecule has 7 heteroatoms. The van der Waals surface area contributed by atoms with Gasteiger partial charge in [0.2, 0.25) is 0 Å². The lowest BCUT2D eigenvalue weighted by Crippen LogP contribution is -2.66. The van der Waals surface area contributed by atoms with Crippen molar-refractivity contribution in [3.05, 3.63) is 29.8 Å². The monoisotopic (exact) mass is 363 g/mol. The largest absolute Gasteiger partial charge is 0.496 e. The van der Waals surface area contributed by atoms with Crippen molar-refractivity contribution in [2.24, 2.45) is 0 Å². The molecular formula is C19H29N3O4. The molecule has 3 fully saturated rings. The zero-order chi connectivity index (χ0) is 18.1. The number of fused-ring (bicyclic) bond motifs is 2. The van der Waals surface area contributed by atoms with E-state index in [1.807, 2.05) is 24.3 Å². The van der Waals surface area contributed by atoms with Gasteiger partial charge in [0.05, 0.1) is 31.9 Å². The summed E-state index contributed by atoms with van der Waals surface area (Å²) in [6, 6.07) is 7.65. The van der Waals surface area contributed by atoms with Gasteiger partial charge in [0.15, 0.2) is 6.29 Å². The standard InChI is InChI=1S/C19H29N3O4/c1-21-7-9-22(10-8-21)17-18(23)16(15-12-25-19(17)26-15)20-11-13-5-3-4-6-14(13)24-2/h3-6,15-20,23H,7-12H2,1-2H3/t15-,16+,17-,18-,19+/m0/s1. The van der Waals surface area contributed by atoms with Crippen LogP contribution in [-0.2, 0) is 16.0 Å². The van der Waals surface area contributed by atoms with Crippen LogP contribution in [0.5, 0.6) is 5.75 Å². The molecule has 2 N–H and O–H groups in total. The second-order valence-corrected chi connectivity index (χ2v) is 7.42. The van der Waals surface area contributed by atoms with E-state index in [0.717, 1.165) is 37.5 Å². The molecule has 3 saturated heterocycles. The van der Waals surface area contributed by atoms with E-state index < -0.39 is 6.10 Å². The van der Waals surface area contributed by atoms with E-state index in [0.29, 0.717) is 13.2 Å². The summed E-state index contributed by atoms with van der Waals surface area (Å²) in [4.78, 5) is 4.62. The fraction of sp³-hybridized carbons (Fsp3) is 0.684. The summed E-state index contributed by atoms with van der Waals surface area (Å²) in [5.74, 6) is 0.849. The van der Waals surface area contributed by atoms with Crippen molar-refractivity contribution < 1.29 is 19.3 Å². The highest BCUT2D eigenvalue weighted by atomic mass is 16.7.